The van der Waals surface area contributed by atoms with E-state index in [0.717, 1.165) is 13.5 Å². The van der Waals surface area contributed by atoms with Gasteiger partial charge in [0.25, 0.3) is 0 Å². The van der Waals surface area contributed by atoms with Crippen molar-refractivity contribution in [1.82, 2.24) is 30.4 Å². The number of nitrogens with two attached hydrogens (primary N) is 1. The lowest BCUT2D eigenvalue weighted by atomic mass is 9.95. The lowest BCUT2D eigenvalue weighted by Crippen LogP contribution is -2.28. The Morgan fingerprint density at radius 1 is 1.13 bits per heavy atom. The first-order valence-corrected chi connectivity index (χ1v) is 14.0. The molecule has 1 aromatic carbocycles. The number of hydrogen-bond donors (Lipinski definition) is 4. The topological polar surface area (TPSA) is 132 Å². The predicted octanol–water partition coefficient (Wildman–Crippen LogP) is 4.91. The first kappa shape index (κ1) is 33.3. The molecule has 0 spiro atoms. The van der Waals surface area contributed by atoms with Gasteiger partial charge in [0.2, 0.25) is 5.88 Å². The van der Waals surface area contributed by atoms with E-state index in [1.165, 1.54) is 4.68 Å². The third kappa shape index (κ3) is 7.72. The summed E-state index contributed by atoms with van der Waals surface area (Å²) in [7, 11) is 1.81. The molecular weight excluding hydrogens is 599 g/mol. The summed E-state index contributed by atoms with van der Waals surface area (Å²) < 4.78 is 80.9. The van der Waals surface area contributed by atoms with Crippen LogP contribution in [0.15, 0.2) is 42.7 Å². The van der Waals surface area contributed by atoms with Crippen molar-refractivity contribution in [3.8, 4) is 23.0 Å². The van der Waals surface area contributed by atoms with Gasteiger partial charge in [-0.2, -0.15) is 18.3 Å². The molecule has 0 aliphatic carbocycles. The number of nitrogen functional groups attached to an aromatic ring is 1. The molecule has 4 rings (SSSR count). The van der Waals surface area contributed by atoms with E-state index in [2.05, 4.69) is 31.0 Å². The van der Waals surface area contributed by atoms with Crippen LogP contribution in [0.25, 0.3) is 17.1 Å². The lowest BCUT2D eigenvalue weighted by molar-refractivity contribution is -0.137. The SMILES string of the molecule is CNCCNCCC(C)Oc1nc(-c2cc(N)c(F)c(C)c2C(F)(F)F)c(F)c(NCc2ccn(-c3ccccn3)n2)c1C=O. The van der Waals surface area contributed by atoms with Gasteiger partial charge in [-0.1, -0.05) is 6.07 Å². The van der Waals surface area contributed by atoms with E-state index in [1.807, 2.05) is 7.05 Å². The van der Waals surface area contributed by atoms with E-state index in [1.54, 1.807) is 43.6 Å². The predicted molar refractivity (Wildman–Crippen MR) is 159 cm³/mol. The summed E-state index contributed by atoms with van der Waals surface area (Å²) in [5.41, 5.74) is 0.738. The Hall–Kier alpha value is -4.63. The number of pyridine rings is 2. The van der Waals surface area contributed by atoms with E-state index in [0.29, 0.717) is 43.4 Å². The van der Waals surface area contributed by atoms with Gasteiger partial charge < -0.3 is 26.4 Å². The van der Waals surface area contributed by atoms with Crippen molar-refractivity contribution in [2.45, 2.75) is 39.1 Å². The number of likely N-dealkylation sites (N-methyl/N-ethyl adjacent to an activating group) is 1. The Kier molecular flexibility index (Phi) is 10.7. The van der Waals surface area contributed by atoms with Gasteiger partial charge in [-0.3, -0.25) is 4.79 Å². The van der Waals surface area contributed by atoms with Crippen LogP contribution in [0.1, 0.15) is 40.5 Å². The second-order valence-electron chi connectivity index (χ2n) is 10.2. The molecule has 3 heterocycles. The van der Waals surface area contributed by atoms with Crippen LogP contribution in [0.2, 0.25) is 0 Å². The maximum Gasteiger partial charge on any atom is 0.417 e. The molecule has 0 fully saturated rings. The van der Waals surface area contributed by atoms with Gasteiger partial charge in [0.05, 0.1) is 35.3 Å². The number of hydrogen-bond acceptors (Lipinski definition) is 9. The van der Waals surface area contributed by atoms with Crippen LogP contribution in [0, 0.1) is 18.6 Å². The number of nitrogens with zero attached hydrogens (tertiary/aromatic N) is 4. The molecule has 3 aromatic heterocycles. The maximum absolute atomic E-state index is 16.3. The quantitative estimate of drug-likeness (QED) is 0.0663. The number of ether oxygens (including phenoxy) is 1. The van der Waals surface area contributed by atoms with Crippen LogP contribution in [0.5, 0.6) is 5.88 Å². The minimum absolute atomic E-state index is 0.137. The molecule has 1 atom stereocenters. The number of anilines is 2. The summed E-state index contributed by atoms with van der Waals surface area (Å²) in [6.07, 6.45) is -1.74. The molecule has 0 aliphatic heterocycles. The molecule has 0 bridgehead atoms. The van der Waals surface area contributed by atoms with Gasteiger partial charge >= 0.3 is 6.18 Å². The summed E-state index contributed by atoms with van der Waals surface area (Å²) >= 11 is 0. The van der Waals surface area contributed by atoms with Gasteiger partial charge in [-0.25, -0.2) is 23.4 Å². The third-order valence-corrected chi connectivity index (χ3v) is 6.89. The number of carbonyl (C=O) groups is 1. The van der Waals surface area contributed by atoms with Crippen LogP contribution < -0.4 is 26.4 Å². The molecule has 10 nitrogen and oxygen atoms in total. The third-order valence-electron chi connectivity index (χ3n) is 6.89. The number of carbonyl (C=O) groups excluding carboxylic acids is 1. The highest BCUT2D eigenvalue weighted by atomic mass is 19.4. The normalized spacial score (nSPS) is 12.3. The van der Waals surface area contributed by atoms with Gasteiger partial charge in [0.15, 0.2) is 17.9 Å². The summed E-state index contributed by atoms with van der Waals surface area (Å²) in [4.78, 5) is 20.6. The van der Waals surface area contributed by atoms with Crippen molar-refractivity contribution in [3.05, 3.63) is 76.7 Å². The summed E-state index contributed by atoms with van der Waals surface area (Å²) in [6, 6.07) is 7.52. The van der Waals surface area contributed by atoms with Crippen LogP contribution in [-0.2, 0) is 12.7 Å². The molecule has 0 saturated carbocycles. The Balaban J connectivity index is 1.78. The molecule has 0 aliphatic rings. The average molecular weight is 633 g/mol. The molecule has 0 saturated heterocycles. The largest absolute Gasteiger partial charge is 0.474 e. The Labute approximate surface area is 256 Å². The standard InChI is InChI=1S/C30H33F5N8O2/c1-17(7-10-38-12-11-37-3)45-29-21(16-44)27(40-15-19-8-13-43(42-19)23-6-4-5-9-39-23)26(32)28(41-29)20-14-22(36)25(31)18(2)24(20)30(33,34)35/h4-6,8-9,13-14,16-17,37-38H,7,10-12,15,36H2,1-3H3,(H,40,41). The van der Waals surface area contributed by atoms with Gasteiger partial charge in [0.1, 0.15) is 17.1 Å². The number of halogens is 5. The lowest BCUT2D eigenvalue weighted by Gasteiger charge is -2.22. The highest BCUT2D eigenvalue weighted by Gasteiger charge is 2.39. The van der Waals surface area contributed by atoms with Gasteiger partial charge in [0, 0.05) is 31.0 Å². The fourth-order valence-electron chi connectivity index (χ4n) is 4.62. The zero-order valence-electron chi connectivity index (χ0n) is 24.8. The van der Waals surface area contributed by atoms with E-state index in [-0.39, 0.29) is 12.1 Å². The number of aromatic nitrogens is 4. The molecular formula is C30H33F5N8O2. The number of benzene rings is 1. The maximum atomic E-state index is 16.3. The molecule has 15 heteroatoms. The fraction of sp³-hybridized carbons (Fsp3) is 0.333. The molecule has 4 aromatic rings. The molecule has 0 radical (unpaired) electrons. The first-order chi connectivity index (χ1) is 21.5. The summed E-state index contributed by atoms with van der Waals surface area (Å²) in [5, 5.41) is 13.3. The molecule has 5 N–H and O–H groups in total. The van der Waals surface area contributed by atoms with Crippen molar-refractivity contribution in [2.75, 3.05) is 37.7 Å². The number of aldehydes is 1. The number of alkyl halides is 3. The smallest absolute Gasteiger partial charge is 0.417 e. The van der Waals surface area contributed by atoms with Crippen molar-refractivity contribution in [2.24, 2.45) is 0 Å². The highest BCUT2D eigenvalue weighted by molar-refractivity contribution is 5.90. The van der Waals surface area contributed by atoms with Crippen LogP contribution in [-0.4, -0.2) is 58.8 Å². The molecule has 1 unspecified atom stereocenters. The second-order valence-corrected chi connectivity index (χ2v) is 10.2. The minimum atomic E-state index is -5.09. The Morgan fingerprint density at radius 2 is 1.91 bits per heavy atom. The van der Waals surface area contributed by atoms with E-state index < -0.39 is 63.6 Å². The van der Waals surface area contributed by atoms with Crippen molar-refractivity contribution in [1.29, 1.82) is 0 Å². The van der Waals surface area contributed by atoms with Crippen LogP contribution in [0.4, 0.5) is 33.3 Å². The van der Waals surface area contributed by atoms with E-state index in [4.69, 9.17) is 10.5 Å². The van der Waals surface area contributed by atoms with Gasteiger partial charge in [-0.05, 0) is 63.7 Å². The summed E-state index contributed by atoms with van der Waals surface area (Å²) in [6.45, 7) is 4.36. The first-order valence-electron chi connectivity index (χ1n) is 14.0. The average Bonchev–Trinajstić information content (AvgIpc) is 3.48. The van der Waals surface area contributed by atoms with Gasteiger partial charge in [-0.15, -0.1) is 0 Å². The fourth-order valence-corrected chi connectivity index (χ4v) is 4.62. The van der Waals surface area contributed by atoms with Crippen molar-refractivity contribution < 1.29 is 31.5 Å². The molecule has 0 amide bonds. The zero-order chi connectivity index (χ0) is 32.7. The van der Waals surface area contributed by atoms with Crippen molar-refractivity contribution in [3.63, 3.8) is 0 Å². The van der Waals surface area contributed by atoms with Crippen LogP contribution in [0.3, 0.4) is 0 Å². The van der Waals surface area contributed by atoms with Crippen molar-refractivity contribution >= 4 is 17.7 Å². The Bertz CT molecular complexity index is 1630. The monoisotopic (exact) mass is 632 g/mol. The zero-order valence-corrected chi connectivity index (χ0v) is 24.8. The Morgan fingerprint density at radius 3 is 2.58 bits per heavy atom. The van der Waals surface area contributed by atoms with E-state index in [9.17, 15) is 22.4 Å². The second kappa shape index (κ2) is 14.4. The highest BCUT2D eigenvalue weighted by Crippen LogP contribution is 2.44. The number of nitrogens with one attached hydrogen (secondary N) is 3. The summed E-state index contributed by atoms with van der Waals surface area (Å²) in [5.74, 6) is -2.46. The van der Waals surface area contributed by atoms with Crippen LogP contribution >= 0.6 is 0 Å². The van der Waals surface area contributed by atoms with E-state index >= 15 is 4.39 Å². The molecule has 45 heavy (non-hydrogen) atoms. The number of rotatable bonds is 14. The minimum Gasteiger partial charge on any atom is -0.474 e. The molecule has 240 valence electrons.